The number of nitrogens with zero attached hydrogens (tertiary/aromatic N) is 2. The Labute approximate surface area is 134 Å². The molecule has 0 bridgehead atoms. The maximum absolute atomic E-state index is 12.1. The van der Waals surface area contributed by atoms with Crippen LogP contribution >= 0.6 is 0 Å². The third kappa shape index (κ3) is 4.14. The molecule has 1 unspecified atom stereocenters. The molecule has 9 heteroatoms. The number of para-hydroxylation sites is 1. The predicted octanol–water partition coefficient (Wildman–Crippen LogP) is 1.06. The average Bonchev–Trinajstić information content (AvgIpc) is 2.98. The molecule has 0 saturated heterocycles. The van der Waals surface area contributed by atoms with E-state index >= 15 is 0 Å². The van der Waals surface area contributed by atoms with Crippen LogP contribution in [-0.2, 0) is 21.1 Å². The minimum absolute atomic E-state index is 0.000289. The number of aryl methyl sites for hydroxylation is 1. The van der Waals surface area contributed by atoms with Gasteiger partial charge >= 0.3 is 5.22 Å². The van der Waals surface area contributed by atoms with Crippen LogP contribution in [-0.4, -0.2) is 30.3 Å². The minimum atomic E-state index is -4.02. The molecule has 0 spiro atoms. The summed E-state index contributed by atoms with van der Waals surface area (Å²) in [5, 5.41) is 8.96. The van der Waals surface area contributed by atoms with Crippen molar-refractivity contribution in [2.45, 2.75) is 31.5 Å². The van der Waals surface area contributed by atoms with Crippen LogP contribution < -0.4 is 11.1 Å². The van der Waals surface area contributed by atoms with Gasteiger partial charge in [-0.15, -0.1) is 5.10 Å². The Balaban J connectivity index is 2.12. The number of hydrogen-bond acceptors (Lipinski definition) is 7. The SMILES string of the molecule is CCc1ccccc1NC(=O)CS(=O)(=O)c1nnc(C(C)N)o1. The second-order valence-electron chi connectivity index (χ2n) is 5.01. The number of aromatic nitrogens is 2. The number of nitrogens with two attached hydrogens (primary N) is 1. The molecule has 1 heterocycles. The summed E-state index contributed by atoms with van der Waals surface area (Å²) in [7, 11) is -4.02. The van der Waals surface area contributed by atoms with E-state index in [-0.39, 0.29) is 5.89 Å². The zero-order valence-corrected chi connectivity index (χ0v) is 13.6. The van der Waals surface area contributed by atoms with E-state index in [4.69, 9.17) is 10.2 Å². The first-order chi connectivity index (χ1) is 10.8. The topological polar surface area (TPSA) is 128 Å². The van der Waals surface area contributed by atoms with Crippen LogP contribution in [0.1, 0.15) is 31.3 Å². The van der Waals surface area contributed by atoms with Crippen LogP contribution in [0.25, 0.3) is 0 Å². The number of benzene rings is 1. The molecule has 3 N–H and O–H groups in total. The molecule has 0 aliphatic rings. The van der Waals surface area contributed by atoms with E-state index in [9.17, 15) is 13.2 Å². The summed E-state index contributed by atoms with van der Waals surface area (Å²) in [6.45, 7) is 3.52. The fourth-order valence-corrected chi connectivity index (χ4v) is 2.82. The van der Waals surface area contributed by atoms with E-state index in [0.717, 1.165) is 5.56 Å². The van der Waals surface area contributed by atoms with Gasteiger partial charge in [-0.1, -0.05) is 30.2 Å². The van der Waals surface area contributed by atoms with Gasteiger partial charge in [0.15, 0.2) is 0 Å². The summed E-state index contributed by atoms with van der Waals surface area (Å²) in [5.41, 5.74) is 7.03. The quantitative estimate of drug-likeness (QED) is 0.806. The first-order valence-corrected chi connectivity index (χ1v) is 8.68. The number of nitrogens with one attached hydrogen (secondary N) is 1. The highest BCUT2D eigenvalue weighted by atomic mass is 32.2. The average molecular weight is 338 g/mol. The Morgan fingerprint density at radius 1 is 1.35 bits per heavy atom. The monoisotopic (exact) mass is 338 g/mol. The molecule has 1 atom stereocenters. The van der Waals surface area contributed by atoms with Crippen LogP contribution in [0.15, 0.2) is 33.9 Å². The van der Waals surface area contributed by atoms with Crippen molar-refractivity contribution >= 4 is 21.4 Å². The van der Waals surface area contributed by atoms with E-state index in [0.29, 0.717) is 12.1 Å². The van der Waals surface area contributed by atoms with Crippen molar-refractivity contribution in [1.29, 1.82) is 0 Å². The summed E-state index contributed by atoms with van der Waals surface area (Å²) >= 11 is 0. The second-order valence-corrected chi connectivity index (χ2v) is 6.88. The van der Waals surface area contributed by atoms with Gasteiger partial charge in [0, 0.05) is 5.69 Å². The lowest BCUT2D eigenvalue weighted by Gasteiger charge is -2.09. The smallest absolute Gasteiger partial charge is 0.336 e. The van der Waals surface area contributed by atoms with Gasteiger partial charge in [-0.05, 0) is 25.0 Å². The lowest BCUT2D eigenvalue weighted by Crippen LogP contribution is -2.23. The molecule has 2 rings (SSSR count). The highest BCUT2D eigenvalue weighted by molar-refractivity contribution is 7.91. The van der Waals surface area contributed by atoms with Crippen LogP contribution in [0, 0.1) is 0 Å². The summed E-state index contributed by atoms with van der Waals surface area (Å²) in [6, 6.07) is 6.59. The van der Waals surface area contributed by atoms with Crippen molar-refractivity contribution in [2.24, 2.45) is 5.73 Å². The van der Waals surface area contributed by atoms with Gasteiger partial charge in [-0.3, -0.25) is 4.79 Å². The van der Waals surface area contributed by atoms with Gasteiger partial charge < -0.3 is 15.5 Å². The Morgan fingerprint density at radius 2 is 2.04 bits per heavy atom. The van der Waals surface area contributed by atoms with Crippen LogP contribution in [0.2, 0.25) is 0 Å². The molecular weight excluding hydrogens is 320 g/mol. The van der Waals surface area contributed by atoms with Gasteiger partial charge in [-0.2, -0.15) is 0 Å². The molecule has 1 aromatic carbocycles. The van der Waals surface area contributed by atoms with Gasteiger partial charge in [0.25, 0.3) is 0 Å². The lowest BCUT2D eigenvalue weighted by atomic mass is 10.1. The summed E-state index contributed by atoms with van der Waals surface area (Å²) in [6.07, 6.45) is 0.713. The Morgan fingerprint density at radius 3 is 2.65 bits per heavy atom. The first-order valence-electron chi connectivity index (χ1n) is 7.03. The zero-order valence-electron chi connectivity index (χ0n) is 12.8. The molecule has 0 radical (unpaired) electrons. The maximum atomic E-state index is 12.1. The van der Waals surface area contributed by atoms with Crippen LogP contribution in [0.5, 0.6) is 0 Å². The fourth-order valence-electron chi connectivity index (χ4n) is 1.90. The molecule has 124 valence electrons. The van der Waals surface area contributed by atoms with E-state index in [1.165, 1.54) is 0 Å². The highest BCUT2D eigenvalue weighted by Crippen LogP contribution is 2.17. The summed E-state index contributed by atoms with van der Waals surface area (Å²) < 4.78 is 29.2. The van der Waals surface area contributed by atoms with Gasteiger partial charge in [0.05, 0.1) is 6.04 Å². The molecular formula is C14H18N4O4S. The Hall–Kier alpha value is -2.26. The fraction of sp³-hybridized carbons (Fsp3) is 0.357. The van der Waals surface area contributed by atoms with E-state index in [1.807, 2.05) is 19.1 Å². The standard InChI is InChI=1S/C14H18N4O4S/c1-3-10-6-4-5-7-11(10)16-12(19)8-23(20,21)14-18-17-13(22-14)9(2)15/h4-7,9H,3,8,15H2,1-2H3,(H,16,19). The van der Waals surface area contributed by atoms with E-state index in [2.05, 4.69) is 15.5 Å². The lowest BCUT2D eigenvalue weighted by molar-refractivity contribution is -0.113. The van der Waals surface area contributed by atoms with Crippen molar-refractivity contribution in [3.63, 3.8) is 0 Å². The van der Waals surface area contributed by atoms with E-state index in [1.54, 1.807) is 19.1 Å². The number of hydrogen-bond donors (Lipinski definition) is 2. The van der Waals surface area contributed by atoms with Gasteiger partial charge in [0.1, 0.15) is 5.75 Å². The number of rotatable bonds is 6. The molecule has 0 aliphatic carbocycles. The van der Waals surface area contributed by atoms with Gasteiger partial charge in [0.2, 0.25) is 21.6 Å². The number of carbonyl (C=O) groups excluding carboxylic acids is 1. The van der Waals surface area contributed by atoms with Crippen LogP contribution in [0.4, 0.5) is 5.69 Å². The van der Waals surface area contributed by atoms with Crippen LogP contribution in [0.3, 0.4) is 0 Å². The molecule has 0 fully saturated rings. The number of amides is 1. The molecule has 23 heavy (non-hydrogen) atoms. The van der Waals surface area contributed by atoms with Crippen molar-refractivity contribution in [1.82, 2.24) is 10.2 Å². The first kappa shape index (κ1) is 17.1. The highest BCUT2D eigenvalue weighted by Gasteiger charge is 2.27. The molecule has 1 aromatic heterocycles. The third-order valence-electron chi connectivity index (χ3n) is 3.07. The van der Waals surface area contributed by atoms with Gasteiger partial charge in [-0.25, -0.2) is 8.42 Å². The Bertz CT molecular complexity index is 799. The summed E-state index contributed by atoms with van der Waals surface area (Å²) in [4.78, 5) is 12.0. The van der Waals surface area contributed by atoms with E-state index < -0.39 is 32.8 Å². The zero-order chi connectivity index (χ0) is 17.0. The predicted molar refractivity (Wildman–Crippen MR) is 83.4 cm³/mol. The third-order valence-corrected chi connectivity index (χ3v) is 4.41. The largest absolute Gasteiger partial charge is 0.411 e. The van der Waals surface area contributed by atoms with Crippen molar-refractivity contribution < 1.29 is 17.6 Å². The second kappa shape index (κ2) is 6.88. The maximum Gasteiger partial charge on any atom is 0.336 e. The normalized spacial score (nSPS) is 12.8. The number of anilines is 1. The molecule has 1 amide bonds. The number of carbonyl (C=O) groups is 1. The molecule has 0 saturated carbocycles. The molecule has 0 aliphatic heterocycles. The number of sulfone groups is 1. The minimum Gasteiger partial charge on any atom is -0.411 e. The van der Waals surface area contributed by atoms with Crippen molar-refractivity contribution in [2.75, 3.05) is 11.1 Å². The molecule has 2 aromatic rings. The van der Waals surface area contributed by atoms with Crippen molar-refractivity contribution in [3.8, 4) is 0 Å². The Kier molecular flexibility index (Phi) is 5.12. The van der Waals surface area contributed by atoms with Crippen molar-refractivity contribution in [3.05, 3.63) is 35.7 Å². The molecule has 8 nitrogen and oxygen atoms in total. The summed E-state index contributed by atoms with van der Waals surface area (Å²) in [5.74, 6) is -1.46.